The van der Waals surface area contributed by atoms with E-state index in [1.165, 1.54) is 17.5 Å². The Balaban J connectivity index is 1.91. The molecule has 1 atom stereocenters. The van der Waals surface area contributed by atoms with Gasteiger partial charge < -0.3 is 15.0 Å². The number of aromatic nitrogens is 2. The molecule has 0 aliphatic heterocycles. The van der Waals surface area contributed by atoms with E-state index in [4.69, 9.17) is 10.5 Å². The average Bonchev–Trinajstić information content (AvgIpc) is 2.87. The lowest BCUT2D eigenvalue weighted by Crippen LogP contribution is -2.15. The summed E-state index contributed by atoms with van der Waals surface area (Å²) in [5, 5.41) is 0. The van der Waals surface area contributed by atoms with Crippen molar-refractivity contribution in [3.63, 3.8) is 0 Å². The van der Waals surface area contributed by atoms with E-state index in [2.05, 4.69) is 28.9 Å². The Morgan fingerprint density at radius 2 is 2.19 bits per heavy atom. The van der Waals surface area contributed by atoms with Crippen LogP contribution >= 0.6 is 0 Å². The summed E-state index contributed by atoms with van der Waals surface area (Å²) in [6.07, 6.45) is 9.71. The first-order chi connectivity index (χ1) is 10.1. The SMILES string of the molecule is COc1c(C)cnc(Cn2cc3c(c2)C(N)CCC3)c1C. The van der Waals surface area contributed by atoms with E-state index >= 15 is 0 Å². The lowest BCUT2D eigenvalue weighted by molar-refractivity contribution is 0.406. The highest BCUT2D eigenvalue weighted by Crippen LogP contribution is 2.30. The average molecular weight is 285 g/mol. The van der Waals surface area contributed by atoms with Crippen LogP contribution < -0.4 is 10.5 Å². The van der Waals surface area contributed by atoms with Crippen LogP contribution in [0.3, 0.4) is 0 Å². The molecule has 3 rings (SSSR count). The molecule has 0 radical (unpaired) electrons. The molecule has 2 heterocycles. The maximum Gasteiger partial charge on any atom is 0.128 e. The molecule has 0 spiro atoms. The van der Waals surface area contributed by atoms with Gasteiger partial charge in [0.05, 0.1) is 19.3 Å². The molecule has 1 aliphatic carbocycles. The van der Waals surface area contributed by atoms with Gasteiger partial charge in [-0.2, -0.15) is 0 Å². The fourth-order valence-electron chi connectivity index (χ4n) is 3.28. The third-order valence-corrected chi connectivity index (χ3v) is 4.44. The number of rotatable bonds is 3. The van der Waals surface area contributed by atoms with Crippen LogP contribution in [0.25, 0.3) is 0 Å². The van der Waals surface area contributed by atoms with Crippen molar-refractivity contribution in [2.45, 2.75) is 45.7 Å². The Morgan fingerprint density at radius 3 is 2.90 bits per heavy atom. The minimum atomic E-state index is 0.191. The fraction of sp³-hybridized carbons (Fsp3) is 0.471. The van der Waals surface area contributed by atoms with E-state index in [1.54, 1.807) is 7.11 Å². The summed E-state index contributed by atoms with van der Waals surface area (Å²) in [5.41, 5.74) is 12.1. The zero-order valence-electron chi connectivity index (χ0n) is 13.0. The summed E-state index contributed by atoms with van der Waals surface area (Å²) in [6.45, 7) is 4.86. The predicted molar refractivity (Wildman–Crippen MR) is 83.7 cm³/mol. The molecule has 0 fully saturated rings. The van der Waals surface area contributed by atoms with E-state index < -0.39 is 0 Å². The monoisotopic (exact) mass is 285 g/mol. The molecule has 21 heavy (non-hydrogen) atoms. The standard InChI is InChI=1S/C17H23N3O/c1-11-7-19-16(12(2)17(11)21-3)10-20-8-13-5-4-6-15(18)14(13)9-20/h7-9,15H,4-6,10,18H2,1-3H3. The molecule has 0 bridgehead atoms. The Bertz CT molecular complexity index is 660. The van der Waals surface area contributed by atoms with Crippen molar-refractivity contribution in [1.82, 2.24) is 9.55 Å². The van der Waals surface area contributed by atoms with Gasteiger partial charge in [-0.15, -0.1) is 0 Å². The summed E-state index contributed by atoms with van der Waals surface area (Å²) >= 11 is 0. The van der Waals surface area contributed by atoms with Gasteiger partial charge in [-0.3, -0.25) is 4.98 Å². The molecule has 2 N–H and O–H groups in total. The molecule has 2 aromatic heterocycles. The topological polar surface area (TPSA) is 53.1 Å². The van der Waals surface area contributed by atoms with Gasteiger partial charge in [-0.25, -0.2) is 0 Å². The molecule has 0 aromatic carbocycles. The van der Waals surface area contributed by atoms with Gasteiger partial charge in [0.1, 0.15) is 5.75 Å². The van der Waals surface area contributed by atoms with E-state index in [0.717, 1.165) is 42.0 Å². The van der Waals surface area contributed by atoms with E-state index in [-0.39, 0.29) is 6.04 Å². The molecule has 0 saturated carbocycles. The Hall–Kier alpha value is -1.81. The number of nitrogens with zero attached hydrogens (tertiary/aromatic N) is 2. The van der Waals surface area contributed by atoms with Crippen LogP contribution in [0.4, 0.5) is 0 Å². The van der Waals surface area contributed by atoms with E-state index in [0.29, 0.717) is 0 Å². The molecule has 4 heteroatoms. The number of aryl methyl sites for hydroxylation is 2. The molecule has 1 aliphatic rings. The minimum absolute atomic E-state index is 0.191. The molecule has 1 unspecified atom stereocenters. The van der Waals surface area contributed by atoms with Crippen molar-refractivity contribution in [3.05, 3.63) is 46.5 Å². The molecule has 0 amide bonds. The maximum absolute atomic E-state index is 6.20. The molecular formula is C17H23N3O. The fourth-order valence-corrected chi connectivity index (χ4v) is 3.28. The first kappa shape index (κ1) is 14.1. The van der Waals surface area contributed by atoms with Crippen molar-refractivity contribution >= 4 is 0 Å². The first-order valence-electron chi connectivity index (χ1n) is 7.53. The molecular weight excluding hydrogens is 262 g/mol. The largest absolute Gasteiger partial charge is 0.496 e. The molecule has 0 saturated heterocycles. The highest BCUT2D eigenvalue weighted by atomic mass is 16.5. The van der Waals surface area contributed by atoms with Gasteiger partial charge in [0.15, 0.2) is 0 Å². The number of hydrogen-bond acceptors (Lipinski definition) is 3. The second-order valence-corrected chi connectivity index (χ2v) is 5.96. The van der Waals surface area contributed by atoms with Crippen LogP contribution in [0.1, 0.15) is 46.8 Å². The number of methoxy groups -OCH3 is 1. The summed E-state index contributed by atoms with van der Waals surface area (Å²) in [7, 11) is 1.71. The van der Waals surface area contributed by atoms with E-state index in [1.807, 2.05) is 13.1 Å². The second-order valence-electron chi connectivity index (χ2n) is 5.96. The van der Waals surface area contributed by atoms with Crippen LogP contribution in [0, 0.1) is 13.8 Å². The predicted octanol–water partition coefficient (Wildman–Crippen LogP) is 2.89. The van der Waals surface area contributed by atoms with Crippen LogP contribution in [0.5, 0.6) is 5.75 Å². The number of fused-ring (bicyclic) bond motifs is 1. The van der Waals surface area contributed by atoms with Crippen LogP contribution in [-0.2, 0) is 13.0 Å². The van der Waals surface area contributed by atoms with E-state index in [9.17, 15) is 0 Å². The molecule has 112 valence electrons. The second kappa shape index (κ2) is 5.53. The third-order valence-electron chi connectivity index (χ3n) is 4.44. The number of nitrogens with two attached hydrogens (primary N) is 1. The Morgan fingerprint density at radius 1 is 1.38 bits per heavy atom. The van der Waals surface area contributed by atoms with Crippen LogP contribution in [0.2, 0.25) is 0 Å². The van der Waals surface area contributed by atoms with Crippen LogP contribution in [0.15, 0.2) is 18.6 Å². The van der Waals surface area contributed by atoms with Crippen molar-refractivity contribution in [3.8, 4) is 5.75 Å². The zero-order valence-corrected chi connectivity index (χ0v) is 13.0. The normalized spacial score (nSPS) is 17.6. The van der Waals surface area contributed by atoms with Gasteiger partial charge in [0, 0.05) is 35.8 Å². The van der Waals surface area contributed by atoms with Gasteiger partial charge in [0.2, 0.25) is 0 Å². The highest BCUT2D eigenvalue weighted by Gasteiger charge is 2.19. The minimum Gasteiger partial charge on any atom is -0.496 e. The van der Waals surface area contributed by atoms with Gasteiger partial charge in [-0.05, 0) is 44.2 Å². The number of hydrogen-bond donors (Lipinski definition) is 1. The van der Waals surface area contributed by atoms with Crippen molar-refractivity contribution < 1.29 is 4.74 Å². The maximum atomic E-state index is 6.20. The first-order valence-corrected chi connectivity index (χ1v) is 7.53. The number of pyridine rings is 1. The summed E-state index contributed by atoms with van der Waals surface area (Å²) < 4.78 is 7.69. The molecule has 2 aromatic rings. The van der Waals surface area contributed by atoms with Gasteiger partial charge >= 0.3 is 0 Å². The van der Waals surface area contributed by atoms with Gasteiger partial charge in [0.25, 0.3) is 0 Å². The Labute approximate surface area is 125 Å². The van der Waals surface area contributed by atoms with Crippen LogP contribution in [-0.4, -0.2) is 16.7 Å². The van der Waals surface area contributed by atoms with Crippen molar-refractivity contribution in [2.24, 2.45) is 5.73 Å². The van der Waals surface area contributed by atoms with Crippen molar-refractivity contribution in [2.75, 3.05) is 7.11 Å². The lowest BCUT2D eigenvalue weighted by Gasteiger charge is -2.17. The summed E-state index contributed by atoms with van der Waals surface area (Å²) in [6, 6.07) is 0.191. The third kappa shape index (κ3) is 2.56. The Kier molecular flexibility index (Phi) is 3.72. The summed E-state index contributed by atoms with van der Waals surface area (Å²) in [4.78, 5) is 4.57. The van der Waals surface area contributed by atoms with Crippen molar-refractivity contribution in [1.29, 1.82) is 0 Å². The highest BCUT2D eigenvalue weighted by molar-refractivity contribution is 5.41. The lowest BCUT2D eigenvalue weighted by atomic mass is 9.92. The zero-order chi connectivity index (χ0) is 15.0. The molecule has 4 nitrogen and oxygen atoms in total. The number of ether oxygens (including phenoxy) is 1. The quantitative estimate of drug-likeness (QED) is 0.943. The summed E-state index contributed by atoms with van der Waals surface area (Å²) in [5.74, 6) is 0.939. The smallest absolute Gasteiger partial charge is 0.128 e. The van der Waals surface area contributed by atoms with Gasteiger partial charge in [-0.1, -0.05) is 0 Å².